The van der Waals surface area contributed by atoms with Gasteiger partial charge >= 0.3 is 11.9 Å². The van der Waals surface area contributed by atoms with Crippen LogP contribution in [0.25, 0.3) is 0 Å². The first-order valence-electron chi connectivity index (χ1n) is 7.41. The quantitative estimate of drug-likeness (QED) is 0.408. The fourth-order valence-corrected chi connectivity index (χ4v) is 2.06. The summed E-state index contributed by atoms with van der Waals surface area (Å²) in [5, 5.41) is 0. The largest absolute Gasteiger partial charge is 0.462 e. The fraction of sp³-hybridized carbons (Fsp3) is 0.765. The van der Waals surface area contributed by atoms with Gasteiger partial charge in [-0.1, -0.05) is 41.2 Å². The SMILES string of the molecule is C=C(C)C(=O)OCCOC(=O)C(C)(CC(C)C)C(C)(C)C. The number of hydrogen-bond acceptors (Lipinski definition) is 4. The Labute approximate surface area is 128 Å². The van der Waals surface area contributed by atoms with Crippen LogP contribution in [0.4, 0.5) is 0 Å². The second kappa shape index (κ2) is 7.62. The van der Waals surface area contributed by atoms with Gasteiger partial charge in [-0.2, -0.15) is 0 Å². The van der Waals surface area contributed by atoms with Crippen molar-refractivity contribution >= 4 is 11.9 Å². The lowest BCUT2D eigenvalue weighted by molar-refractivity contribution is -0.166. The number of esters is 2. The van der Waals surface area contributed by atoms with Gasteiger partial charge in [0, 0.05) is 5.57 Å². The molecule has 1 unspecified atom stereocenters. The van der Waals surface area contributed by atoms with E-state index < -0.39 is 11.4 Å². The van der Waals surface area contributed by atoms with E-state index in [-0.39, 0.29) is 24.6 Å². The summed E-state index contributed by atoms with van der Waals surface area (Å²) in [5.41, 5.74) is -0.442. The van der Waals surface area contributed by atoms with E-state index >= 15 is 0 Å². The highest BCUT2D eigenvalue weighted by molar-refractivity contribution is 5.86. The van der Waals surface area contributed by atoms with Crippen LogP contribution in [-0.4, -0.2) is 25.2 Å². The first kappa shape index (κ1) is 19.7. The zero-order valence-corrected chi connectivity index (χ0v) is 14.5. The van der Waals surface area contributed by atoms with E-state index in [2.05, 4.69) is 20.4 Å². The van der Waals surface area contributed by atoms with Crippen LogP contribution in [0.1, 0.15) is 54.9 Å². The molecule has 0 bridgehead atoms. The predicted octanol–water partition coefficient (Wildman–Crippen LogP) is 3.75. The average molecular weight is 298 g/mol. The smallest absolute Gasteiger partial charge is 0.333 e. The van der Waals surface area contributed by atoms with Crippen molar-refractivity contribution in [3.8, 4) is 0 Å². The molecule has 0 fully saturated rings. The molecule has 122 valence electrons. The van der Waals surface area contributed by atoms with E-state index in [1.165, 1.54) is 0 Å². The minimum Gasteiger partial charge on any atom is -0.462 e. The average Bonchev–Trinajstić information content (AvgIpc) is 2.31. The summed E-state index contributed by atoms with van der Waals surface area (Å²) in [6, 6.07) is 0. The summed E-state index contributed by atoms with van der Waals surface area (Å²) < 4.78 is 10.2. The fourth-order valence-electron chi connectivity index (χ4n) is 2.06. The highest BCUT2D eigenvalue weighted by Gasteiger charge is 2.45. The molecule has 0 heterocycles. The zero-order chi connectivity index (χ0) is 16.8. The summed E-state index contributed by atoms with van der Waals surface area (Å²) in [6.45, 7) is 17.4. The Kier molecular flexibility index (Phi) is 7.14. The van der Waals surface area contributed by atoms with Gasteiger partial charge < -0.3 is 9.47 Å². The Morgan fingerprint density at radius 2 is 1.52 bits per heavy atom. The Morgan fingerprint density at radius 1 is 1.05 bits per heavy atom. The lowest BCUT2D eigenvalue weighted by Gasteiger charge is -2.40. The van der Waals surface area contributed by atoms with Gasteiger partial charge in [0.2, 0.25) is 0 Å². The minimum atomic E-state index is -0.570. The third-order valence-electron chi connectivity index (χ3n) is 3.82. The maximum atomic E-state index is 12.4. The van der Waals surface area contributed by atoms with Gasteiger partial charge in [0.25, 0.3) is 0 Å². The molecule has 0 aliphatic carbocycles. The third-order valence-corrected chi connectivity index (χ3v) is 3.82. The molecule has 0 spiro atoms. The van der Waals surface area contributed by atoms with Crippen LogP contribution < -0.4 is 0 Å². The van der Waals surface area contributed by atoms with E-state index in [4.69, 9.17) is 9.47 Å². The normalized spacial score (nSPS) is 14.5. The second-order valence-corrected chi connectivity index (χ2v) is 7.23. The lowest BCUT2D eigenvalue weighted by Crippen LogP contribution is -2.43. The molecular weight excluding hydrogens is 268 g/mol. The van der Waals surface area contributed by atoms with Crippen molar-refractivity contribution in [2.75, 3.05) is 13.2 Å². The van der Waals surface area contributed by atoms with Gasteiger partial charge in [0.15, 0.2) is 0 Å². The molecule has 0 amide bonds. The molecule has 0 radical (unpaired) electrons. The first-order chi connectivity index (χ1) is 9.41. The Balaban J connectivity index is 4.58. The van der Waals surface area contributed by atoms with Gasteiger partial charge in [-0.05, 0) is 31.6 Å². The van der Waals surface area contributed by atoms with E-state index in [9.17, 15) is 9.59 Å². The molecule has 0 N–H and O–H groups in total. The summed E-state index contributed by atoms with van der Waals surface area (Å²) in [4.78, 5) is 23.7. The van der Waals surface area contributed by atoms with Crippen molar-refractivity contribution in [2.45, 2.75) is 54.9 Å². The van der Waals surface area contributed by atoms with Crippen LogP contribution in [0.3, 0.4) is 0 Å². The van der Waals surface area contributed by atoms with Crippen molar-refractivity contribution in [3.05, 3.63) is 12.2 Å². The second-order valence-electron chi connectivity index (χ2n) is 7.23. The number of carbonyl (C=O) groups is 2. The molecule has 0 aromatic rings. The zero-order valence-electron chi connectivity index (χ0n) is 14.5. The van der Waals surface area contributed by atoms with Gasteiger partial charge in [0.05, 0.1) is 5.41 Å². The molecule has 0 aromatic heterocycles. The highest BCUT2D eigenvalue weighted by Crippen LogP contribution is 2.44. The van der Waals surface area contributed by atoms with Gasteiger partial charge in [-0.15, -0.1) is 0 Å². The summed E-state index contributed by atoms with van der Waals surface area (Å²) in [6.07, 6.45) is 0.751. The Morgan fingerprint density at radius 3 is 1.90 bits per heavy atom. The third kappa shape index (κ3) is 5.90. The molecule has 0 saturated heterocycles. The van der Waals surface area contributed by atoms with Crippen LogP contribution in [0.5, 0.6) is 0 Å². The molecule has 21 heavy (non-hydrogen) atoms. The summed E-state index contributed by atoms with van der Waals surface area (Å²) in [7, 11) is 0. The molecule has 0 aliphatic rings. The number of carbonyl (C=O) groups excluding carboxylic acids is 2. The molecule has 0 saturated carbocycles. The monoisotopic (exact) mass is 298 g/mol. The number of ether oxygens (including phenoxy) is 2. The topological polar surface area (TPSA) is 52.6 Å². The standard InChI is InChI=1S/C17H30O4/c1-12(2)11-17(8,16(5,6)7)15(19)21-10-9-20-14(18)13(3)4/h12H,3,9-11H2,1-2,4-8H3. The maximum Gasteiger partial charge on any atom is 0.333 e. The van der Waals surface area contributed by atoms with Crippen LogP contribution in [0.2, 0.25) is 0 Å². The lowest BCUT2D eigenvalue weighted by atomic mass is 9.64. The van der Waals surface area contributed by atoms with E-state index in [1.54, 1.807) is 6.92 Å². The highest BCUT2D eigenvalue weighted by atomic mass is 16.6. The predicted molar refractivity (Wildman–Crippen MR) is 83.7 cm³/mol. The van der Waals surface area contributed by atoms with Crippen LogP contribution in [0, 0.1) is 16.7 Å². The van der Waals surface area contributed by atoms with E-state index in [0.29, 0.717) is 11.5 Å². The molecule has 0 aromatic carbocycles. The summed E-state index contributed by atoms with van der Waals surface area (Å²) in [5.74, 6) is -0.315. The Bertz CT molecular complexity index is 390. The molecule has 1 atom stereocenters. The van der Waals surface area contributed by atoms with Crippen molar-refractivity contribution < 1.29 is 19.1 Å². The minimum absolute atomic E-state index is 0.0549. The number of rotatable bonds is 7. The van der Waals surface area contributed by atoms with E-state index in [0.717, 1.165) is 6.42 Å². The Hall–Kier alpha value is -1.32. The van der Waals surface area contributed by atoms with Crippen molar-refractivity contribution in [1.29, 1.82) is 0 Å². The number of hydrogen-bond donors (Lipinski definition) is 0. The van der Waals surface area contributed by atoms with Crippen LogP contribution >= 0.6 is 0 Å². The first-order valence-corrected chi connectivity index (χ1v) is 7.41. The molecule has 0 aliphatic heterocycles. The van der Waals surface area contributed by atoms with Crippen LogP contribution in [-0.2, 0) is 19.1 Å². The van der Waals surface area contributed by atoms with Crippen molar-refractivity contribution in [2.24, 2.45) is 16.7 Å². The van der Waals surface area contributed by atoms with Gasteiger partial charge in [-0.25, -0.2) is 4.79 Å². The molecule has 0 rings (SSSR count). The maximum absolute atomic E-state index is 12.4. The van der Waals surface area contributed by atoms with Crippen molar-refractivity contribution in [1.82, 2.24) is 0 Å². The molecular formula is C17H30O4. The summed E-state index contributed by atoms with van der Waals surface area (Å²) >= 11 is 0. The van der Waals surface area contributed by atoms with Crippen molar-refractivity contribution in [3.63, 3.8) is 0 Å². The van der Waals surface area contributed by atoms with E-state index in [1.807, 2.05) is 27.7 Å². The molecule has 4 nitrogen and oxygen atoms in total. The molecule has 4 heteroatoms. The van der Waals surface area contributed by atoms with Gasteiger partial charge in [-0.3, -0.25) is 4.79 Å². The van der Waals surface area contributed by atoms with Crippen LogP contribution in [0.15, 0.2) is 12.2 Å². The van der Waals surface area contributed by atoms with Gasteiger partial charge in [0.1, 0.15) is 13.2 Å².